The van der Waals surface area contributed by atoms with Gasteiger partial charge < -0.3 is 10.1 Å². The van der Waals surface area contributed by atoms with Crippen molar-refractivity contribution in [2.24, 2.45) is 0 Å². The minimum Gasteiger partial charge on any atom is -0.380 e. The number of halogens is 1. The van der Waals surface area contributed by atoms with E-state index in [1.807, 2.05) is 24.3 Å². The van der Waals surface area contributed by atoms with E-state index in [2.05, 4.69) is 10.0 Å². The van der Waals surface area contributed by atoms with E-state index in [-0.39, 0.29) is 10.8 Å². The Labute approximate surface area is 192 Å². The molecule has 0 atom stereocenters. The summed E-state index contributed by atoms with van der Waals surface area (Å²) >= 11 is 6.02. The minimum absolute atomic E-state index is 0.0926. The molecule has 3 rings (SSSR count). The summed E-state index contributed by atoms with van der Waals surface area (Å²) in [5.41, 5.74) is 3.01. The number of sulfonamides is 1. The highest BCUT2D eigenvalue weighted by Gasteiger charge is 2.15. The summed E-state index contributed by atoms with van der Waals surface area (Å²) in [7, 11) is -2.14. The Kier molecular flexibility index (Phi) is 8.05. The Bertz CT molecular complexity index is 1210. The van der Waals surface area contributed by atoms with Crippen molar-refractivity contribution in [3.63, 3.8) is 0 Å². The molecule has 3 aromatic rings. The van der Waals surface area contributed by atoms with Crippen molar-refractivity contribution >= 4 is 39.3 Å². The molecule has 0 spiro atoms. The van der Waals surface area contributed by atoms with Gasteiger partial charge in [0.05, 0.1) is 22.2 Å². The van der Waals surface area contributed by atoms with Crippen LogP contribution < -0.4 is 10.0 Å². The summed E-state index contributed by atoms with van der Waals surface area (Å²) in [5.74, 6) is -0.251. The molecule has 0 radical (unpaired) electrons. The molecule has 8 heteroatoms. The van der Waals surface area contributed by atoms with Crippen LogP contribution in [-0.4, -0.2) is 21.4 Å². The minimum atomic E-state index is -3.78. The molecule has 0 saturated carbocycles. The molecule has 0 aliphatic rings. The second-order valence-corrected chi connectivity index (χ2v) is 9.05. The van der Waals surface area contributed by atoms with Gasteiger partial charge >= 0.3 is 0 Å². The fourth-order valence-electron chi connectivity index (χ4n) is 2.92. The number of benzene rings is 3. The third-order valence-corrected chi connectivity index (χ3v) is 6.22. The highest BCUT2D eigenvalue weighted by Crippen LogP contribution is 2.24. The van der Waals surface area contributed by atoms with Gasteiger partial charge in [0.2, 0.25) is 5.91 Å². The van der Waals surface area contributed by atoms with Crippen LogP contribution in [0, 0.1) is 0 Å². The molecule has 0 saturated heterocycles. The molecule has 1 amide bonds. The number of methoxy groups -OCH3 is 1. The van der Waals surface area contributed by atoms with Gasteiger partial charge in [0.25, 0.3) is 10.0 Å². The van der Waals surface area contributed by atoms with Crippen LogP contribution in [-0.2, 0) is 32.7 Å². The lowest BCUT2D eigenvalue weighted by Gasteiger charge is -2.09. The largest absolute Gasteiger partial charge is 0.380 e. The van der Waals surface area contributed by atoms with Crippen molar-refractivity contribution in [2.45, 2.75) is 18.0 Å². The van der Waals surface area contributed by atoms with E-state index in [1.54, 1.807) is 49.6 Å². The monoisotopic (exact) mass is 470 g/mol. The summed E-state index contributed by atoms with van der Waals surface area (Å²) in [6, 6.07) is 20.6. The molecule has 0 aliphatic carbocycles. The molecule has 2 N–H and O–H groups in total. The molecule has 0 bridgehead atoms. The van der Waals surface area contributed by atoms with Gasteiger partial charge in [0.15, 0.2) is 0 Å². The number of hydrogen-bond donors (Lipinski definition) is 2. The second-order valence-electron chi connectivity index (χ2n) is 6.96. The molecule has 32 heavy (non-hydrogen) atoms. The first-order chi connectivity index (χ1) is 15.4. The topological polar surface area (TPSA) is 84.5 Å². The third kappa shape index (κ3) is 6.68. The number of amides is 1. The van der Waals surface area contributed by atoms with Crippen LogP contribution in [0.2, 0.25) is 5.02 Å². The summed E-state index contributed by atoms with van der Waals surface area (Å²) in [5, 5.41) is 3.13. The van der Waals surface area contributed by atoms with Crippen LogP contribution in [0.15, 0.2) is 83.8 Å². The van der Waals surface area contributed by atoms with Crippen molar-refractivity contribution in [2.75, 3.05) is 11.8 Å². The van der Waals surface area contributed by atoms with Crippen molar-refractivity contribution in [3.8, 4) is 0 Å². The lowest BCUT2D eigenvalue weighted by molar-refractivity contribution is -0.116. The van der Waals surface area contributed by atoms with Crippen LogP contribution in [0.25, 0.3) is 6.08 Å². The van der Waals surface area contributed by atoms with Crippen LogP contribution >= 0.6 is 11.6 Å². The number of ether oxygens (including phenoxy) is 1. The van der Waals surface area contributed by atoms with Gasteiger partial charge in [-0.25, -0.2) is 8.42 Å². The number of nitrogens with one attached hydrogen (secondary N) is 2. The van der Waals surface area contributed by atoms with E-state index >= 15 is 0 Å². The van der Waals surface area contributed by atoms with Gasteiger partial charge in [0, 0.05) is 19.7 Å². The fourth-order valence-corrected chi connectivity index (χ4v) is 4.24. The van der Waals surface area contributed by atoms with Crippen molar-refractivity contribution in [3.05, 3.63) is 101 Å². The first kappa shape index (κ1) is 23.5. The first-order valence-electron chi connectivity index (χ1n) is 9.77. The Hall–Kier alpha value is -3.13. The maximum Gasteiger partial charge on any atom is 0.261 e. The van der Waals surface area contributed by atoms with E-state index in [4.69, 9.17) is 16.3 Å². The van der Waals surface area contributed by atoms with Crippen LogP contribution in [0.4, 0.5) is 5.69 Å². The van der Waals surface area contributed by atoms with Gasteiger partial charge in [-0.05, 0) is 47.0 Å². The van der Waals surface area contributed by atoms with Crippen molar-refractivity contribution in [1.82, 2.24) is 5.32 Å². The summed E-state index contributed by atoms with van der Waals surface area (Å²) in [4.78, 5) is 12.2. The lowest BCUT2D eigenvalue weighted by atomic mass is 10.1. The summed E-state index contributed by atoms with van der Waals surface area (Å²) in [6.07, 6.45) is 3.03. The normalized spacial score (nSPS) is 11.4. The Morgan fingerprint density at radius 1 is 1.00 bits per heavy atom. The number of carbonyl (C=O) groups is 1. The zero-order chi connectivity index (χ0) is 23.0. The molecule has 6 nitrogen and oxygen atoms in total. The highest BCUT2D eigenvalue weighted by molar-refractivity contribution is 7.92. The van der Waals surface area contributed by atoms with Gasteiger partial charge in [-0.3, -0.25) is 9.52 Å². The molecule has 166 valence electrons. The number of hydrogen-bond acceptors (Lipinski definition) is 4. The average molecular weight is 471 g/mol. The summed E-state index contributed by atoms with van der Waals surface area (Å²) in [6.45, 7) is 0.910. The smallest absolute Gasteiger partial charge is 0.261 e. The Morgan fingerprint density at radius 2 is 1.72 bits per heavy atom. The van der Waals surface area contributed by atoms with Gasteiger partial charge in [-0.1, -0.05) is 60.1 Å². The summed E-state index contributed by atoms with van der Waals surface area (Å²) < 4.78 is 32.7. The van der Waals surface area contributed by atoms with Gasteiger partial charge in [-0.2, -0.15) is 0 Å². The molecular formula is C24H23ClN2O4S. The number of carbonyl (C=O) groups excluding carboxylic acids is 1. The first-order valence-corrected chi connectivity index (χ1v) is 11.6. The van der Waals surface area contributed by atoms with Gasteiger partial charge in [0.1, 0.15) is 0 Å². The maximum atomic E-state index is 12.6. The van der Waals surface area contributed by atoms with Crippen molar-refractivity contribution < 1.29 is 17.9 Å². The fraction of sp³-hybridized carbons (Fsp3) is 0.125. The predicted octanol–water partition coefficient (Wildman–Crippen LogP) is 4.62. The number of para-hydroxylation sites is 1. The van der Waals surface area contributed by atoms with E-state index in [0.717, 1.165) is 11.1 Å². The zero-order valence-electron chi connectivity index (χ0n) is 17.4. The molecule has 0 aliphatic heterocycles. The van der Waals surface area contributed by atoms with Crippen LogP contribution in [0.3, 0.4) is 0 Å². The second kappa shape index (κ2) is 10.9. The Morgan fingerprint density at radius 3 is 2.44 bits per heavy atom. The molecule has 3 aromatic carbocycles. The number of anilines is 1. The highest BCUT2D eigenvalue weighted by atomic mass is 35.5. The SMILES string of the molecule is COCc1cccc(CNC(=O)/C=C/c2ccc(S(=O)(=O)Nc3ccccc3Cl)cc2)c1. The molecule has 0 aromatic heterocycles. The van der Waals surface area contributed by atoms with E-state index in [9.17, 15) is 13.2 Å². The zero-order valence-corrected chi connectivity index (χ0v) is 19.0. The van der Waals surface area contributed by atoms with Crippen LogP contribution in [0.1, 0.15) is 16.7 Å². The predicted molar refractivity (Wildman–Crippen MR) is 127 cm³/mol. The third-order valence-electron chi connectivity index (χ3n) is 4.50. The average Bonchev–Trinajstić information content (AvgIpc) is 2.78. The standard InChI is InChI=1S/C24H23ClN2O4S/c1-31-17-20-6-4-5-19(15-20)16-26-24(28)14-11-18-9-12-21(13-10-18)32(29,30)27-23-8-3-2-7-22(23)25/h2-15,27H,16-17H2,1H3,(H,26,28)/b14-11+. The molecule has 0 heterocycles. The molecule has 0 unspecified atom stereocenters. The van der Waals surface area contributed by atoms with Gasteiger partial charge in [-0.15, -0.1) is 0 Å². The van der Waals surface area contributed by atoms with E-state index in [1.165, 1.54) is 18.2 Å². The van der Waals surface area contributed by atoms with E-state index in [0.29, 0.717) is 29.4 Å². The number of rotatable bonds is 9. The quantitative estimate of drug-likeness (QED) is 0.447. The van der Waals surface area contributed by atoms with E-state index < -0.39 is 10.0 Å². The lowest BCUT2D eigenvalue weighted by Crippen LogP contribution is -2.20. The maximum absolute atomic E-state index is 12.6. The molecular weight excluding hydrogens is 448 g/mol. The van der Waals surface area contributed by atoms with Crippen molar-refractivity contribution in [1.29, 1.82) is 0 Å². The Balaban J connectivity index is 1.58. The van der Waals surface area contributed by atoms with Crippen LogP contribution in [0.5, 0.6) is 0 Å². The molecule has 0 fully saturated rings.